The number of hydrogen-bond acceptors (Lipinski definition) is 5. The number of nitrogens with one attached hydrogen (secondary N) is 1. The Balaban J connectivity index is 1.15. The van der Waals surface area contributed by atoms with E-state index in [2.05, 4.69) is 15.5 Å². The summed E-state index contributed by atoms with van der Waals surface area (Å²) >= 11 is 6.12. The minimum absolute atomic E-state index is 0.0106. The van der Waals surface area contributed by atoms with Gasteiger partial charge in [-0.1, -0.05) is 17.7 Å². The Hall–Kier alpha value is -3.27. The number of nitro groups is 1. The van der Waals surface area contributed by atoms with Crippen LogP contribution in [0.3, 0.4) is 0 Å². The zero-order valence-electron chi connectivity index (χ0n) is 19.6. The summed E-state index contributed by atoms with van der Waals surface area (Å²) in [4.78, 5) is 24.0. The van der Waals surface area contributed by atoms with Crippen molar-refractivity contribution < 1.29 is 14.1 Å². The Morgan fingerprint density at radius 3 is 2.67 bits per heavy atom. The first-order valence-corrected chi connectivity index (χ1v) is 12.5. The molecule has 0 radical (unpaired) electrons. The van der Waals surface area contributed by atoms with E-state index in [1.807, 2.05) is 4.68 Å². The van der Waals surface area contributed by atoms with Crippen molar-refractivity contribution in [3.63, 3.8) is 0 Å². The fraction of sp³-hybridized carbons (Fsp3) is 0.480. The fourth-order valence-electron chi connectivity index (χ4n) is 7.43. The number of nitrogens with zero attached hydrogens (tertiary/aromatic N) is 5. The van der Waals surface area contributed by atoms with Crippen molar-refractivity contribution in [2.24, 2.45) is 17.3 Å². The number of hydrogen-bond donors (Lipinski definition) is 1. The Bertz CT molecular complexity index is 1340. The average molecular weight is 513 g/mol. The van der Waals surface area contributed by atoms with Gasteiger partial charge in [-0.3, -0.25) is 24.3 Å². The van der Waals surface area contributed by atoms with Crippen LogP contribution in [-0.4, -0.2) is 30.4 Å². The van der Waals surface area contributed by atoms with E-state index in [1.54, 1.807) is 29.3 Å². The lowest BCUT2D eigenvalue weighted by Gasteiger charge is -2.61. The highest BCUT2D eigenvalue weighted by molar-refractivity contribution is 6.31. The third-order valence-electron chi connectivity index (χ3n) is 8.22. The molecule has 4 aliphatic rings. The van der Waals surface area contributed by atoms with Gasteiger partial charge in [-0.2, -0.15) is 10.2 Å². The predicted octanol–water partition coefficient (Wildman–Crippen LogP) is 5.15. The molecule has 1 amide bonds. The van der Waals surface area contributed by atoms with Gasteiger partial charge in [-0.15, -0.1) is 0 Å². The van der Waals surface area contributed by atoms with Gasteiger partial charge in [-0.05, 0) is 73.5 Å². The summed E-state index contributed by atoms with van der Waals surface area (Å²) in [5.41, 5.74) is 0.957. The van der Waals surface area contributed by atoms with Gasteiger partial charge in [0.25, 0.3) is 0 Å². The Morgan fingerprint density at radius 1 is 1.19 bits per heavy atom. The summed E-state index contributed by atoms with van der Waals surface area (Å²) in [7, 11) is 0. The summed E-state index contributed by atoms with van der Waals surface area (Å²) in [6.07, 6.45) is 12.5. The lowest BCUT2D eigenvalue weighted by atomic mass is 9.46. The summed E-state index contributed by atoms with van der Waals surface area (Å²) in [5, 5.41) is 23.2. The van der Waals surface area contributed by atoms with Crippen molar-refractivity contribution >= 4 is 28.9 Å². The Labute approximate surface area is 211 Å². The lowest BCUT2D eigenvalue weighted by molar-refractivity contribution is -0.385. The van der Waals surface area contributed by atoms with Crippen molar-refractivity contribution in [1.82, 2.24) is 19.6 Å². The molecule has 0 spiro atoms. The molecule has 7 rings (SSSR count). The van der Waals surface area contributed by atoms with Crippen LogP contribution in [0.1, 0.15) is 50.5 Å². The van der Waals surface area contributed by atoms with Crippen LogP contribution >= 0.6 is 11.6 Å². The molecule has 4 saturated carbocycles. The van der Waals surface area contributed by atoms with Crippen LogP contribution in [0.5, 0.6) is 0 Å². The van der Waals surface area contributed by atoms with E-state index in [0.29, 0.717) is 35.5 Å². The molecule has 0 saturated heterocycles. The number of carbonyl (C=O) groups is 1. The standard InChI is InChI=1S/C25H26ClFN6O3/c26-22-4-19(27)2-1-18(22)12-31-13-20(10-28-31)30-23(34)9-24-5-16-3-17(6-24)8-25(7-16,15-24)32-14-21(11-29-32)33(35)36/h1-2,4,10-11,13-14,16-17H,3,5-9,12,15H2,(H,30,34). The highest BCUT2D eigenvalue weighted by atomic mass is 35.5. The molecular weight excluding hydrogens is 487 g/mol. The van der Waals surface area contributed by atoms with Crippen LogP contribution in [0.25, 0.3) is 0 Å². The number of carbonyl (C=O) groups excluding carboxylic acids is 1. The summed E-state index contributed by atoms with van der Waals surface area (Å²) in [6.45, 7) is 0.362. The van der Waals surface area contributed by atoms with Crippen molar-refractivity contribution in [3.8, 4) is 0 Å². The SMILES string of the molecule is O=C(CC12CC3CC(C1)CC(n1cc([N+](=O)[O-])cn1)(C3)C2)Nc1cnn(Cc2ccc(F)cc2Cl)c1. The maximum absolute atomic E-state index is 13.3. The van der Waals surface area contributed by atoms with E-state index in [-0.39, 0.29) is 22.5 Å². The van der Waals surface area contributed by atoms with Crippen molar-refractivity contribution in [2.75, 3.05) is 5.32 Å². The topological polar surface area (TPSA) is 108 Å². The van der Waals surface area contributed by atoms with Gasteiger partial charge in [0.1, 0.15) is 18.2 Å². The first-order chi connectivity index (χ1) is 17.2. The average Bonchev–Trinajstić information content (AvgIpc) is 3.45. The van der Waals surface area contributed by atoms with E-state index in [0.717, 1.165) is 44.1 Å². The van der Waals surface area contributed by atoms with Crippen LogP contribution in [0.2, 0.25) is 5.02 Å². The van der Waals surface area contributed by atoms with Gasteiger partial charge < -0.3 is 5.32 Å². The number of aromatic nitrogens is 4. The highest BCUT2D eigenvalue weighted by Gasteiger charge is 2.59. The molecule has 0 aliphatic heterocycles. The monoisotopic (exact) mass is 512 g/mol. The highest BCUT2D eigenvalue weighted by Crippen LogP contribution is 2.65. The second kappa shape index (κ2) is 8.40. The zero-order chi connectivity index (χ0) is 25.1. The predicted molar refractivity (Wildman–Crippen MR) is 130 cm³/mol. The summed E-state index contributed by atoms with van der Waals surface area (Å²) in [5.74, 6) is 0.559. The number of amides is 1. The molecule has 3 aromatic rings. The van der Waals surface area contributed by atoms with Crippen LogP contribution < -0.4 is 5.32 Å². The van der Waals surface area contributed by atoms with E-state index in [1.165, 1.54) is 18.3 Å². The molecule has 4 aliphatic carbocycles. The normalized spacial score (nSPS) is 28.4. The molecule has 188 valence electrons. The van der Waals surface area contributed by atoms with Gasteiger partial charge in [0.2, 0.25) is 5.91 Å². The second-order valence-corrected chi connectivity index (χ2v) is 11.4. The molecule has 11 heteroatoms. The molecule has 2 unspecified atom stereocenters. The van der Waals surface area contributed by atoms with Crippen LogP contribution in [-0.2, 0) is 16.9 Å². The van der Waals surface area contributed by atoms with Crippen molar-refractivity contribution in [3.05, 3.63) is 69.5 Å². The van der Waals surface area contributed by atoms with Crippen molar-refractivity contribution in [1.29, 1.82) is 0 Å². The minimum atomic E-state index is -0.405. The number of anilines is 1. The summed E-state index contributed by atoms with van der Waals surface area (Å²) < 4.78 is 16.8. The molecular formula is C25H26ClFN6O3. The third-order valence-corrected chi connectivity index (χ3v) is 8.57. The quantitative estimate of drug-likeness (QED) is 0.348. The van der Waals surface area contributed by atoms with Gasteiger partial charge in [0, 0.05) is 17.6 Å². The molecule has 2 atom stereocenters. The molecule has 4 fully saturated rings. The van der Waals surface area contributed by atoms with E-state index >= 15 is 0 Å². The Morgan fingerprint density at radius 2 is 1.97 bits per heavy atom. The van der Waals surface area contributed by atoms with E-state index in [4.69, 9.17) is 11.6 Å². The number of benzene rings is 1. The largest absolute Gasteiger partial charge is 0.323 e. The zero-order valence-corrected chi connectivity index (χ0v) is 20.3. The minimum Gasteiger partial charge on any atom is -0.323 e. The third kappa shape index (κ3) is 4.17. The smallest absolute Gasteiger partial charge is 0.307 e. The first-order valence-electron chi connectivity index (χ1n) is 12.2. The summed E-state index contributed by atoms with van der Waals surface area (Å²) in [6, 6.07) is 4.24. The second-order valence-electron chi connectivity index (χ2n) is 11.0. The van der Waals surface area contributed by atoms with E-state index < -0.39 is 10.7 Å². The fourth-order valence-corrected chi connectivity index (χ4v) is 7.66. The maximum Gasteiger partial charge on any atom is 0.307 e. The van der Waals surface area contributed by atoms with Gasteiger partial charge in [0.05, 0.1) is 28.9 Å². The molecule has 9 nitrogen and oxygen atoms in total. The molecule has 4 bridgehead atoms. The number of rotatable bonds is 7. The molecule has 2 aromatic heterocycles. The van der Waals surface area contributed by atoms with Gasteiger partial charge >= 0.3 is 5.69 Å². The van der Waals surface area contributed by atoms with Crippen LogP contribution in [0.4, 0.5) is 15.8 Å². The van der Waals surface area contributed by atoms with Gasteiger partial charge in [0.15, 0.2) is 0 Å². The molecule has 2 heterocycles. The molecule has 1 aromatic carbocycles. The van der Waals surface area contributed by atoms with E-state index in [9.17, 15) is 19.3 Å². The molecule has 1 N–H and O–H groups in total. The maximum atomic E-state index is 13.3. The van der Waals surface area contributed by atoms with Crippen LogP contribution in [0, 0.1) is 33.2 Å². The number of halogens is 2. The Kier molecular flexibility index (Phi) is 5.40. The van der Waals surface area contributed by atoms with Gasteiger partial charge in [-0.25, -0.2) is 4.39 Å². The first kappa shape index (κ1) is 23.1. The molecule has 36 heavy (non-hydrogen) atoms. The van der Waals surface area contributed by atoms with Crippen LogP contribution in [0.15, 0.2) is 43.0 Å². The lowest BCUT2D eigenvalue weighted by Crippen LogP contribution is -2.57. The van der Waals surface area contributed by atoms with Crippen molar-refractivity contribution in [2.45, 2.75) is 57.0 Å².